The zero-order chi connectivity index (χ0) is 23.3. The summed E-state index contributed by atoms with van der Waals surface area (Å²) in [6.07, 6.45) is 0.226. The van der Waals surface area contributed by atoms with E-state index in [0.717, 1.165) is 19.3 Å². The fourth-order valence-electron chi connectivity index (χ4n) is 8.62. The molecule has 0 aromatic heterocycles. The molecule has 2 spiro atoms. The molecule has 7 heteroatoms. The Morgan fingerprint density at radius 1 is 1.19 bits per heavy atom. The van der Waals surface area contributed by atoms with Gasteiger partial charge in [-0.1, -0.05) is 40.2 Å². The fraction of sp³-hybridized carbons (Fsp3) is 0.880. The van der Waals surface area contributed by atoms with Crippen LogP contribution in [0.1, 0.15) is 65.7 Å². The highest BCUT2D eigenvalue weighted by atomic mass is 16.8. The summed E-state index contributed by atoms with van der Waals surface area (Å²) in [5, 5.41) is 46.9. The number of aliphatic hydroxyl groups is 4. The smallest absolute Gasteiger partial charge is 0.208 e. The Kier molecular flexibility index (Phi) is 5.08. The van der Waals surface area contributed by atoms with Gasteiger partial charge >= 0.3 is 0 Å². The Labute approximate surface area is 189 Å². The average molecular weight is 451 g/mol. The van der Waals surface area contributed by atoms with Gasteiger partial charge in [0.1, 0.15) is 6.10 Å². The Bertz CT molecular complexity index is 825. The predicted octanol–water partition coefficient (Wildman–Crippen LogP) is 1.91. The molecule has 2 heterocycles. The summed E-state index contributed by atoms with van der Waals surface area (Å²) in [6.45, 7) is 10.5. The number of hydrogen-bond donors (Lipinski definition) is 4. The summed E-state index contributed by atoms with van der Waals surface area (Å²) in [7, 11) is 0. The van der Waals surface area contributed by atoms with E-state index in [4.69, 9.17) is 9.47 Å². The molecule has 2 aliphatic heterocycles. The van der Waals surface area contributed by atoms with Crippen LogP contribution in [0.15, 0.2) is 12.2 Å². The van der Waals surface area contributed by atoms with Crippen LogP contribution in [0.3, 0.4) is 0 Å². The molecular formula is C25H38O7. The SMILES string of the molecule is C=C1C(=O)[C@]23C[C@H]1C[C@H](O)[C@H]2[C@@]12[C@H](OCCCCC)O[C@@]3(O)[C@@H](O)[C@@H]1C(C)(C)CC[C@@H]2O. The van der Waals surface area contributed by atoms with Crippen molar-refractivity contribution < 1.29 is 34.7 Å². The average Bonchev–Trinajstić information content (AvgIpc) is 2.92. The first-order valence-electron chi connectivity index (χ1n) is 12.3. The zero-order valence-electron chi connectivity index (χ0n) is 19.4. The van der Waals surface area contributed by atoms with E-state index in [1.807, 2.05) is 13.8 Å². The van der Waals surface area contributed by atoms with Crippen molar-refractivity contribution in [3.63, 3.8) is 0 Å². The van der Waals surface area contributed by atoms with E-state index in [1.165, 1.54) is 0 Å². The van der Waals surface area contributed by atoms with Crippen molar-refractivity contribution in [3.8, 4) is 0 Å². The van der Waals surface area contributed by atoms with Crippen LogP contribution in [0.4, 0.5) is 0 Å². The van der Waals surface area contributed by atoms with Crippen LogP contribution < -0.4 is 0 Å². The van der Waals surface area contributed by atoms with Crippen LogP contribution in [-0.4, -0.2) is 63.2 Å². The van der Waals surface area contributed by atoms with Gasteiger partial charge in [-0.3, -0.25) is 4.79 Å². The van der Waals surface area contributed by atoms with Crippen molar-refractivity contribution >= 4 is 5.78 Å². The number of rotatable bonds is 5. The number of unbranched alkanes of at least 4 members (excludes halogenated alkanes) is 2. The summed E-state index contributed by atoms with van der Waals surface area (Å²) in [6, 6.07) is 0. The monoisotopic (exact) mass is 450 g/mol. The van der Waals surface area contributed by atoms with Gasteiger partial charge in [0.05, 0.1) is 23.0 Å². The lowest BCUT2D eigenvalue weighted by molar-refractivity contribution is -0.510. The molecule has 6 fully saturated rings. The standard InChI is InChI=1S/C25H38O7/c1-5-6-7-10-31-21-24-16(27)8-9-22(3,4)18(24)20(29)25(30,32-21)23-12-14(13(2)19(23)28)11-15(26)17(23)24/h14-18,20-21,26-27,29-30H,2,5-12H2,1,3-4H3/t14-,15+,16+,17-,18-,20+,21-,23+,24-,25+/m1/s1. The Balaban J connectivity index is 1.71. The van der Waals surface area contributed by atoms with Crippen molar-refractivity contribution in [1.82, 2.24) is 0 Å². The van der Waals surface area contributed by atoms with E-state index in [0.29, 0.717) is 31.4 Å². The lowest BCUT2D eigenvalue weighted by Crippen LogP contribution is -2.87. The van der Waals surface area contributed by atoms with E-state index < -0.39 is 58.5 Å². The van der Waals surface area contributed by atoms with E-state index in [9.17, 15) is 25.2 Å². The first kappa shape index (κ1) is 22.9. The Morgan fingerprint density at radius 3 is 2.59 bits per heavy atom. The van der Waals surface area contributed by atoms with E-state index >= 15 is 0 Å². The number of aliphatic hydroxyl groups excluding tert-OH is 3. The van der Waals surface area contributed by atoms with E-state index in [-0.39, 0.29) is 18.1 Å². The number of carbonyl (C=O) groups excluding carboxylic acids is 1. The molecule has 6 aliphatic rings. The van der Waals surface area contributed by atoms with Crippen molar-refractivity contribution in [1.29, 1.82) is 0 Å². The molecule has 0 amide bonds. The second-order valence-corrected chi connectivity index (χ2v) is 11.7. The van der Waals surface area contributed by atoms with E-state index in [1.54, 1.807) is 0 Å². The van der Waals surface area contributed by atoms with Crippen LogP contribution in [0.5, 0.6) is 0 Å². The lowest BCUT2D eigenvalue weighted by Gasteiger charge is -2.76. The summed E-state index contributed by atoms with van der Waals surface area (Å²) in [5.41, 5.74) is -2.82. The van der Waals surface area contributed by atoms with Crippen LogP contribution in [0.25, 0.3) is 0 Å². The molecular weight excluding hydrogens is 412 g/mol. The van der Waals surface area contributed by atoms with Gasteiger partial charge in [-0.15, -0.1) is 0 Å². The van der Waals surface area contributed by atoms with Crippen molar-refractivity contribution in [3.05, 3.63) is 12.2 Å². The molecule has 7 nitrogen and oxygen atoms in total. The number of allylic oxidation sites excluding steroid dienone is 1. The summed E-state index contributed by atoms with van der Waals surface area (Å²) in [4.78, 5) is 13.7. The summed E-state index contributed by atoms with van der Waals surface area (Å²) >= 11 is 0. The third kappa shape index (κ3) is 2.40. The highest BCUT2D eigenvalue weighted by molar-refractivity contribution is 6.04. The second kappa shape index (κ2) is 7.09. The topological polar surface area (TPSA) is 116 Å². The van der Waals surface area contributed by atoms with Crippen molar-refractivity contribution in [2.24, 2.45) is 34.0 Å². The molecule has 0 radical (unpaired) electrons. The summed E-state index contributed by atoms with van der Waals surface area (Å²) < 4.78 is 12.4. The first-order chi connectivity index (χ1) is 15.0. The maximum Gasteiger partial charge on any atom is 0.208 e. The number of fused-ring (bicyclic) bond motifs is 2. The molecule has 4 N–H and O–H groups in total. The van der Waals surface area contributed by atoms with Gasteiger partial charge in [0.15, 0.2) is 12.1 Å². The molecule has 6 rings (SSSR count). The number of ketones is 1. The number of hydrogen-bond acceptors (Lipinski definition) is 7. The van der Waals surface area contributed by atoms with Crippen LogP contribution in [0, 0.1) is 34.0 Å². The summed E-state index contributed by atoms with van der Waals surface area (Å²) in [5.74, 6) is -4.19. The number of carbonyl (C=O) groups is 1. The van der Waals surface area contributed by atoms with Crippen LogP contribution in [0.2, 0.25) is 0 Å². The van der Waals surface area contributed by atoms with Crippen LogP contribution in [-0.2, 0) is 14.3 Å². The molecule has 0 aromatic rings. The zero-order valence-corrected chi connectivity index (χ0v) is 19.4. The largest absolute Gasteiger partial charge is 0.393 e. The minimum absolute atomic E-state index is 0.263. The van der Waals surface area contributed by atoms with E-state index in [2.05, 4.69) is 13.5 Å². The van der Waals surface area contributed by atoms with Gasteiger partial charge in [-0.05, 0) is 49.0 Å². The highest BCUT2D eigenvalue weighted by Gasteiger charge is 2.88. The lowest BCUT2D eigenvalue weighted by atomic mass is 9.35. The van der Waals surface area contributed by atoms with Gasteiger partial charge in [-0.2, -0.15) is 0 Å². The molecule has 0 aromatic carbocycles. The molecule has 2 saturated heterocycles. The third-order valence-corrected chi connectivity index (χ3v) is 9.83. The predicted molar refractivity (Wildman–Crippen MR) is 115 cm³/mol. The normalized spacial score (nSPS) is 53.3. The maximum atomic E-state index is 13.7. The molecule has 10 atom stereocenters. The molecule has 0 unspecified atom stereocenters. The minimum Gasteiger partial charge on any atom is -0.393 e. The third-order valence-electron chi connectivity index (χ3n) is 9.83. The van der Waals surface area contributed by atoms with Gasteiger partial charge in [0, 0.05) is 18.4 Å². The number of ether oxygens (including phenoxy) is 2. The highest BCUT2D eigenvalue weighted by Crippen LogP contribution is 2.78. The number of Topliss-reactive ketones (excluding diaryl/α,β-unsaturated/α-hetero) is 1. The van der Waals surface area contributed by atoms with Gasteiger partial charge in [0.2, 0.25) is 5.79 Å². The van der Waals surface area contributed by atoms with Gasteiger partial charge in [0.25, 0.3) is 0 Å². The molecule has 4 aliphatic carbocycles. The molecule has 32 heavy (non-hydrogen) atoms. The van der Waals surface area contributed by atoms with Crippen molar-refractivity contribution in [2.75, 3.05) is 6.61 Å². The first-order valence-corrected chi connectivity index (χ1v) is 12.3. The molecule has 180 valence electrons. The Morgan fingerprint density at radius 2 is 1.91 bits per heavy atom. The van der Waals surface area contributed by atoms with Crippen molar-refractivity contribution in [2.45, 2.75) is 96.1 Å². The minimum atomic E-state index is -2.20. The van der Waals surface area contributed by atoms with Crippen LogP contribution >= 0.6 is 0 Å². The Hall–Kier alpha value is -0.830. The second-order valence-electron chi connectivity index (χ2n) is 11.7. The molecule has 4 bridgehead atoms. The van der Waals surface area contributed by atoms with Gasteiger partial charge < -0.3 is 29.9 Å². The molecule has 4 saturated carbocycles. The maximum absolute atomic E-state index is 13.7. The quantitative estimate of drug-likeness (QED) is 0.373. The van der Waals surface area contributed by atoms with Gasteiger partial charge in [-0.25, -0.2) is 0 Å². The fourth-order valence-corrected chi connectivity index (χ4v) is 8.62.